The van der Waals surface area contributed by atoms with Crippen LogP contribution in [0.3, 0.4) is 0 Å². The largest absolute Gasteiger partial charge is 0.356 e. The molecule has 0 spiro atoms. The summed E-state index contributed by atoms with van der Waals surface area (Å²) in [5, 5.41) is 3.06. The average Bonchev–Trinajstić information content (AvgIpc) is 2.42. The van der Waals surface area contributed by atoms with Crippen molar-refractivity contribution < 1.29 is 4.79 Å². The SMILES string of the molecule is CCN(CC)CCCNC(=O)C1CCCC(C)C1N. The van der Waals surface area contributed by atoms with Crippen LogP contribution in [-0.4, -0.2) is 43.0 Å². The van der Waals surface area contributed by atoms with Gasteiger partial charge in [-0.05, 0) is 44.8 Å². The van der Waals surface area contributed by atoms with Crippen LogP contribution in [0.4, 0.5) is 0 Å². The lowest BCUT2D eigenvalue weighted by Crippen LogP contribution is -2.47. The summed E-state index contributed by atoms with van der Waals surface area (Å²) in [6, 6.07) is 0.0385. The van der Waals surface area contributed by atoms with Gasteiger partial charge in [-0.1, -0.05) is 27.2 Å². The summed E-state index contributed by atoms with van der Waals surface area (Å²) in [4.78, 5) is 14.5. The first-order valence-corrected chi connectivity index (χ1v) is 7.85. The number of nitrogens with one attached hydrogen (secondary N) is 1. The molecule has 1 aliphatic rings. The second-order valence-corrected chi connectivity index (χ2v) is 5.76. The normalized spacial score (nSPS) is 27.5. The first-order chi connectivity index (χ1) is 9.10. The molecule has 19 heavy (non-hydrogen) atoms. The summed E-state index contributed by atoms with van der Waals surface area (Å²) < 4.78 is 0. The minimum absolute atomic E-state index is 0.0252. The van der Waals surface area contributed by atoms with Crippen LogP contribution >= 0.6 is 0 Å². The zero-order valence-electron chi connectivity index (χ0n) is 12.8. The maximum atomic E-state index is 12.1. The molecule has 0 bridgehead atoms. The summed E-state index contributed by atoms with van der Waals surface area (Å²) in [6.07, 6.45) is 4.26. The highest BCUT2D eigenvalue weighted by molar-refractivity contribution is 5.79. The van der Waals surface area contributed by atoms with Gasteiger partial charge in [-0.2, -0.15) is 0 Å². The molecule has 1 fully saturated rings. The van der Waals surface area contributed by atoms with Gasteiger partial charge in [0.2, 0.25) is 5.91 Å². The summed E-state index contributed by atoms with van der Waals surface area (Å²) in [5.41, 5.74) is 6.15. The molecular formula is C15H31N3O. The van der Waals surface area contributed by atoms with E-state index in [0.717, 1.165) is 51.9 Å². The van der Waals surface area contributed by atoms with Crippen LogP contribution in [0.5, 0.6) is 0 Å². The van der Waals surface area contributed by atoms with Crippen molar-refractivity contribution in [1.82, 2.24) is 10.2 Å². The molecular weight excluding hydrogens is 238 g/mol. The van der Waals surface area contributed by atoms with Crippen molar-refractivity contribution >= 4 is 5.91 Å². The Morgan fingerprint density at radius 1 is 1.32 bits per heavy atom. The Kier molecular flexibility index (Phi) is 7.39. The lowest BCUT2D eigenvalue weighted by molar-refractivity contribution is -0.127. The molecule has 0 aromatic carbocycles. The number of nitrogens with two attached hydrogens (primary N) is 1. The van der Waals surface area contributed by atoms with Crippen molar-refractivity contribution in [3.05, 3.63) is 0 Å². The fourth-order valence-corrected chi connectivity index (χ4v) is 2.93. The van der Waals surface area contributed by atoms with E-state index >= 15 is 0 Å². The summed E-state index contributed by atoms with van der Waals surface area (Å²) in [5.74, 6) is 0.663. The lowest BCUT2D eigenvalue weighted by atomic mass is 9.78. The van der Waals surface area contributed by atoms with E-state index in [0.29, 0.717) is 5.92 Å². The standard InChI is InChI=1S/C15H31N3O/c1-4-18(5-2)11-7-10-17-15(19)13-9-6-8-12(3)14(13)16/h12-14H,4-11,16H2,1-3H3,(H,17,19). The maximum absolute atomic E-state index is 12.1. The van der Waals surface area contributed by atoms with E-state index in [1.807, 2.05) is 0 Å². The van der Waals surface area contributed by atoms with E-state index in [9.17, 15) is 4.79 Å². The maximum Gasteiger partial charge on any atom is 0.224 e. The Balaban J connectivity index is 2.23. The zero-order valence-corrected chi connectivity index (χ0v) is 12.8. The molecule has 0 aliphatic heterocycles. The number of carbonyl (C=O) groups excluding carboxylic acids is 1. The van der Waals surface area contributed by atoms with Crippen molar-refractivity contribution in [2.45, 2.75) is 52.5 Å². The van der Waals surface area contributed by atoms with E-state index in [-0.39, 0.29) is 17.9 Å². The monoisotopic (exact) mass is 269 g/mol. The van der Waals surface area contributed by atoms with E-state index in [1.165, 1.54) is 0 Å². The third-order valence-corrected chi connectivity index (χ3v) is 4.48. The zero-order chi connectivity index (χ0) is 14.3. The fraction of sp³-hybridized carbons (Fsp3) is 0.933. The molecule has 1 rings (SSSR count). The van der Waals surface area contributed by atoms with Crippen LogP contribution in [0, 0.1) is 11.8 Å². The van der Waals surface area contributed by atoms with Gasteiger partial charge in [-0.3, -0.25) is 4.79 Å². The minimum atomic E-state index is 0.0252. The van der Waals surface area contributed by atoms with E-state index in [2.05, 4.69) is 31.0 Å². The number of carbonyl (C=O) groups is 1. The Hall–Kier alpha value is -0.610. The molecule has 3 atom stereocenters. The minimum Gasteiger partial charge on any atom is -0.356 e. The first kappa shape index (κ1) is 16.4. The van der Waals surface area contributed by atoms with Crippen molar-refractivity contribution in [3.63, 3.8) is 0 Å². The summed E-state index contributed by atoms with van der Waals surface area (Å²) in [6.45, 7) is 10.5. The molecule has 112 valence electrons. The quantitative estimate of drug-likeness (QED) is 0.690. The molecule has 1 amide bonds. The second-order valence-electron chi connectivity index (χ2n) is 5.76. The average molecular weight is 269 g/mol. The molecule has 0 aromatic heterocycles. The van der Waals surface area contributed by atoms with Gasteiger partial charge in [-0.25, -0.2) is 0 Å². The Morgan fingerprint density at radius 2 is 2.00 bits per heavy atom. The Labute approximate surface area is 118 Å². The van der Waals surface area contributed by atoms with E-state index in [4.69, 9.17) is 5.73 Å². The lowest BCUT2D eigenvalue weighted by Gasteiger charge is -2.32. The molecule has 4 nitrogen and oxygen atoms in total. The highest BCUT2D eigenvalue weighted by Gasteiger charge is 2.32. The number of hydrogen-bond donors (Lipinski definition) is 2. The predicted octanol–water partition coefficient (Wildman–Crippen LogP) is 1.60. The molecule has 0 aromatic rings. The van der Waals surface area contributed by atoms with E-state index in [1.54, 1.807) is 0 Å². The molecule has 1 saturated carbocycles. The summed E-state index contributed by atoms with van der Waals surface area (Å²) in [7, 11) is 0. The highest BCUT2D eigenvalue weighted by Crippen LogP contribution is 2.27. The molecule has 0 saturated heterocycles. The van der Waals surface area contributed by atoms with Crippen LogP contribution in [-0.2, 0) is 4.79 Å². The van der Waals surface area contributed by atoms with Crippen molar-refractivity contribution in [3.8, 4) is 0 Å². The number of hydrogen-bond acceptors (Lipinski definition) is 3. The molecule has 4 heteroatoms. The number of rotatable bonds is 7. The van der Waals surface area contributed by atoms with Gasteiger partial charge < -0.3 is 16.0 Å². The Bertz CT molecular complexity index is 266. The highest BCUT2D eigenvalue weighted by atomic mass is 16.1. The summed E-state index contributed by atoms with van der Waals surface area (Å²) >= 11 is 0. The molecule has 0 heterocycles. The van der Waals surface area contributed by atoms with Crippen molar-refractivity contribution in [2.24, 2.45) is 17.6 Å². The van der Waals surface area contributed by atoms with Crippen LogP contribution in [0.2, 0.25) is 0 Å². The smallest absolute Gasteiger partial charge is 0.224 e. The van der Waals surface area contributed by atoms with Gasteiger partial charge in [0.25, 0.3) is 0 Å². The van der Waals surface area contributed by atoms with Gasteiger partial charge in [-0.15, -0.1) is 0 Å². The second kappa shape index (κ2) is 8.54. The van der Waals surface area contributed by atoms with Gasteiger partial charge >= 0.3 is 0 Å². The van der Waals surface area contributed by atoms with Crippen LogP contribution in [0.25, 0.3) is 0 Å². The van der Waals surface area contributed by atoms with Gasteiger partial charge in [0.05, 0.1) is 5.92 Å². The molecule has 3 unspecified atom stereocenters. The predicted molar refractivity (Wildman–Crippen MR) is 79.9 cm³/mol. The third-order valence-electron chi connectivity index (χ3n) is 4.48. The molecule has 1 aliphatic carbocycles. The topological polar surface area (TPSA) is 58.4 Å². The fourth-order valence-electron chi connectivity index (χ4n) is 2.93. The molecule has 0 radical (unpaired) electrons. The first-order valence-electron chi connectivity index (χ1n) is 7.85. The molecule has 3 N–H and O–H groups in total. The number of amides is 1. The number of nitrogens with zero attached hydrogens (tertiary/aromatic N) is 1. The van der Waals surface area contributed by atoms with Gasteiger partial charge in [0.15, 0.2) is 0 Å². The van der Waals surface area contributed by atoms with E-state index < -0.39 is 0 Å². The van der Waals surface area contributed by atoms with Crippen LogP contribution < -0.4 is 11.1 Å². The van der Waals surface area contributed by atoms with Crippen LogP contribution in [0.1, 0.15) is 46.5 Å². The van der Waals surface area contributed by atoms with Crippen LogP contribution in [0.15, 0.2) is 0 Å². The Morgan fingerprint density at radius 3 is 2.63 bits per heavy atom. The third kappa shape index (κ3) is 5.11. The van der Waals surface area contributed by atoms with Crippen molar-refractivity contribution in [2.75, 3.05) is 26.2 Å². The van der Waals surface area contributed by atoms with Gasteiger partial charge in [0, 0.05) is 12.6 Å². The van der Waals surface area contributed by atoms with Gasteiger partial charge in [0.1, 0.15) is 0 Å². The van der Waals surface area contributed by atoms with Crippen molar-refractivity contribution in [1.29, 1.82) is 0 Å².